The second-order valence-corrected chi connectivity index (χ2v) is 6.24. The molecule has 1 saturated heterocycles. The molecular weight excluding hydrogens is 278 g/mol. The molecule has 22 heavy (non-hydrogen) atoms. The first-order valence-corrected chi connectivity index (χ1v) is 8.01. The van der Waals surface area contributed by atoms with E-state index in [1.54, 1.807) is 6.20 Å². The molecule has 3 heterocycles. The first kappa shape index (κ1) is 15.2. The maximum atomic E-state index is 10.5. The predicted octanol–water partition coefficient (Wildman–Crippen LogP) is 1.37. The average molecular weight is 303 g/mol. The lowest BCUT2D eigenvalue weighted by atomic mass is 9.91. The van der Waals surface area contributed by atoms with Gasteiger partial charge in [-0.3, -0.25) is 4.68 Å². The van der Waals surface area contributed by atoms with E-state index >= 15 is 0 Å². The van der Waals surface area contributed by atoms with Crippen molar-refractivity contribution in [3.8, 4) is 0 Å². The fraction of sp³-hybridized carbons (Fsp3) is 0.625. The quantitative estimate of drug-likeness (QED) is 0.906. The van der Waals surface area contributed by atoms with Crippen LogP contribution in [0, 0.1) is 12.8 Å². The van der Waals surface area contributed by atoms with Crippen molar-refractivity contribution in [2.24, 2.45) is 13.0 Å². The monoisotopic (exact) mass is 303 g/mol. The van der Waals surface area contributed by atoms with Crippen molar-refractivity contribution < 1.29 is 5.11 Å². The number of aliphatic hydroxyl groups is 1. The minimum Gasteiger partial charge on any atom is -0.385 e. The minimum absolute atomic E-state index is 0.310. The van der Waals surface area contributed by atoms with Crippen molar-refractivity contribution in [1.82, 2.24) is 24.2 Å². The van der Waals surface area contributed by atoms with Gasteiger partial charge in [0.05, 0.1) is 12.2 Å². The molecule has 2 aromatic rings. The van der Waals surface area contributed by atoms with Gasteiger partial charge >= 0.3 is 0 Å². The van der Waals surface area contributed by atoms with E-state index in [1.807, 2.05) is 41.7 Å². The van der Waals surface area contributed by atoms with E-state index < -0.39 is 6.10 Å². The van der Waals surface area contributed by atoms with Crippen molar-refractivity contribution in [1.29, 1.82) is 0 Å². The van der Waals surface area contributed by atoms with Crippen LogP contribution < -0.4 is 0 Å². The Hall–Kier alpha value is -1.66. The van der Waals surface area contributed by atoms with E-state index in [9.17, 15) is 5.11 Å². The first-order chi connectivity index (χ1) is 10.6. The number of rotatable bonds is 5. The van der Waals surface area contributed by atoms with Gasteiger partial charge in [0.1, 0.15) is 11.9 Å². The molecular formula is C16H25N5O. The number of aromatic nitrogens is 4. The van der Waals surface area contributed by atoms with Crippen LogP contribution in [0.2, 0.25) is 0 Å². The summed E-state index contributed by atoms with van der Waals surface area (Å²) >= 11 is 0. The smallest absolute Gasteiger partial charge is 0.137 e. The summed E-state index contributed by atoms with van der Waals surface area (Å²) in [6.45, 7) is 6.03. The molecule has 0 unspecified atom stereocenters. The normalized spacial score (nSPS) is 18.7. The Bertz CT molecular complexity index is 597. The van der Waals surface area contributed by atoms with E-state index in [0.29, 0.717) is 5.92 Å². The van der Waals surface area contributed by atoms with Gasteiger partial charge in [0.15, 0.2) is 0 Å². The number of aryl methyl sites for hydroxylation is 2. The molecule has 1 atom stereocenters. The highest BCUT2D eigenvalue weighted by Gasteiger charge is 2.28. The highest BCUT2D eigenvalue weighted by atomic mass is 16.3. The largest absolute Gasteiger partial charge is 0.385 e. The molecule has 0 bridgehead atoms. The summed E-state index contributed by atoms with van der Waals surface area (Å²) in [6, 6.07) is 2.04. The molecule has 1 N–H and O–H groups in total. The number of hydrogen-bond acceptors (Lipinski definition) is 4. The number of piperidine rings is 1. The van der Waals surface area contributed by atoms with Crippen molar-refractivity contribution in [2.45, 2.75) is 32.4 Å². The van der Waals surface area contributed by atoms with Gasteiger partial charge in [0, 0.05) is 32.2 Å². The van der Waals surface area contributed by atoms with Gasteiger partial charge in [0.25, 0.3) is 0 Å². The molecule has 1 fully saturated rings. The van der Waals surface area contributed by atoms with Gasteiger partial charge < -0.3 is 14.6 Å². The zero-order valence-electron chi connectivity index (χ0n) is 13.4. The zero-order valence-corrected chi connectivity index (χ0v) is 13.4. The van der Waals surface area contributed by atoms with E-state index in [2.05, 4.69) is 15.0 Å². The Labute approximate surface area is 131 Å². The summed E-state index contributed by atoms with van der Waals surface area (Å²) in [5.41, 5.74) is 1.07. The van der Waals surface area contributed by atoms with Crippen molar-refractivity contribution in [3.05, 3.63) is 36.2 Å². The molecule has 6 nitrogen and oxygen atoms in total. The van der Waals surface area contributed by atoms with Crippen LogP contribution >= 0.6 is 0 Å². The lowest BCUT2D eigenvalue weighted by Gasteiger charge is -2.33. The van der Waals surface area contributed by atoms with Crippen LogP contribution in [0.25, 0.3) is 0 Å². The fourth-order valence-electron chi connectivity index (χ4n) is 3.20. The summed E-state index contributed by atoms with van der Waals surface area (Å²) in [5, 5.41) is 14.9. The van der Waals surface area contributed by atoms with Crippen LogP contribution in [0.3, 0.4) is 0 Å². The van der Waals surface area contributed by atoms with Crippen LogP contribution in [0.5, 0.6) is 0 Å². The summed E-state index contributed by atoms with van der Waals surface area (Å²) in [6.07, 6.45) is 7.26. The van der Waals surface area contributed by atoms with Crippen molar-refractivity contribution in [3.63, 3.8) is 0 Å². The molecule has 0 aromatic carbocycles. The lowest BCUT2D eigenvalue weighted by molar-refractivity contribution is 0.0501. The summed E-state index contributed by atoms with van der Waals surface area (Å²) in [4.78, 5) is 6.73. The van der Waals surface area contributed by atoms with Gasteiger partial charge in [-0.1, -0.05) is 0 Å². The second kappa shape index (κ2) is 6.62. The highest BCUT2D eigenvalue weighted by Crippen LogP contribution is 2.29. The summed E-state index contributed by atoms with van der Waals surface area (Å²) < 4.78 is 3.92. The van der Waals surface area contributed by atoms with Gasteiger partial charge in [-0.2, -0.15) is 5.10 Å². The highest BCUT2D eigenvalue weighted by molar-refractivity contribution is 4.98. The SMILES string of the molecule is Cc1ccn(CCN2CCC([C@@H](O)c3nccn3C)CC2)n1. The Morgan fingerprint density at radius 1 is 1.27 bits per heavy atom. The minimum atomic E-state index is -0.448. The van der Waals surface area contributed by atoms with E-state index in [1.165, 1.54) is 0 Å². The second-order valence-electron chi connectivity index (χ2n) is 6.24. The van der Waals surface area contributed by atoms with Crippen LogP contribution in [0.15, 0.2) is 24.7 Å². The molecule has 0 amide bonds. The van der Waals surface area contributed by atoms with Gasteiger partial charge in [-0.25, -0.2) is 4.98 Å². The summed E-state index contributed by atoms with van der Waals surface area (Å²) in [5.74, 6) is 1.09. The van der Waals surface area contributed by atoms with Crippen molar-refractivity contribution >= 4 is 0 Å². The van der Waals surface area contributed by atoms with E-state index in [4.69, 9.17) is 0 Å². The molecule has 0 spiro atoms. The van der Waals surface area contributed by atoms with Gasteiger partial charge in [0.2, 0.25) is 0 Å². The molecule has 6 heteroatoms. The first-order valence-electron chi connectivity index (χ1n) is 8.01. The Morgan fingerprint density at radius 3 is 2.64 bits per heavy atom. The molecule has 0 saturated carbocycles. The zero-order chi connectivity index (χ0) is 15.5. The number of aliphatic hydroxyl groups excluding tert-OH is 1. The van der Waals surface area contributed by atoms with Crippen LogP contribution in [0.1, 0.15) is 30.5 Å². The average Bonchev–Trinajstić information content (AvgIpc) is 3.13. The van der Waals surface area contributed by atoms with Crippen LogP contribution in [-0.4, -0.2) is 49.0 Å². The van der Waals surface area contributed by atoms with E-state index in [-0.39, 0.29) is 0 Å². The number of hydrogen-bond donors (Lipinski definition) is 1. The number of likely N-dealkylation sites (tertiary alicyclic amines) is 1. The number of nitrogens with zero attached hydrogens (tertiary/aromatic N) is 5. The molecule has 2 aromatic heterocycles. The van der Waals surface area contributed by atoms with Crippen LogP contribution in [-0.2, 0) is 13.6 Å². The van der Waals surface area contributed by atoms with Crippen LogP contribution in [0.4, 0.5) is 0 Å². The van der Waals surface area contributed by atoms with Crippen molar-refractivity contribution in [2.75, 3.05) is 19.6 Å². The van der Waals surface area contributed by atoms with Gasteiger partial charge in [-0.15, -0.1) is 0 Å². The lowest BCUT2D eigenvalue weighted by Crippen LogP contribution is -2.37. The third-order valence-corrected chi connectivity index (χ3v) is 4.62. The number of imidazole rings is 1. The predicted molar refractivity (Wildman–Crippen MR) is 84.3 cm³/mol. The Kier molecular flexibility index (Phi) is 4.59. The topological polar surface area (TPSA) is 59.1 Å². The third kappa shape index (κ3) is 3.39. The molecule has 0 radical (unpaired) electrons. The maximum Gasteiger partial charge on any atom is 0.137 e. The fourth-order valence-corrected chi connectivity index (χ4v) is 3.20. The van der Waals surface area contributed by atoms with Gasteiger partial charge in [-0.05, 0) is 44.8 Å². The Balaban J connectivity index is 1.47. The molecule has 0 aliphatic carbocycles. The third-order valence-electron chi connectivity index (χ3n) is 4.62. The molecule has 3 rings (SSSR count). The molecule has 1 aliphatic heterocycles. The van der Waals surface area contributed by atoms with E-state index in [0.717, 1.165) is 50.5 Å². The maximum absolute atomic E-state index is 10.5. The Morgan fingerprint density at radius 2 is 2.05 bits per heavy atom. The molecule has 120 valence electrons. The summed E-state index contributed by atoms with van der Waals surface area (Å²) in [7, 11) is 1.94. The standard InChI is InChI=1S/C16H25N5O/c1-13-3-9-21(18-13)12-11-20-7-4-14(5-8-20)15(22)16-17-6-10-19(16)2/h3,6,9-10,14-15,22H,4-5,7-8,11-12H2,1-2H3/t15-/m1/s1. The molecule has 1 aliphatic rings.